The van der Waals surface area contributed by atoms with Crippen molar-refractivity contribution in [3.05, 3.63) is 53.6 Å². The molecule has 1 N–H and O–H groups in total. The second-order valence-corrected chi connectivity index (χ2v) is 4.80. The molecule has 0 aliphatic rings. The van der Waals surface area contributed by atoms with Gasteiger partial charge in [-0.2, -0.15) is 0 Å². The number of hydrogen-bond donors (Lipinski definition) is 1. The van der Waals surface area contributed by atoms with Gasteiger partial charge in [0.15, 0.2) is 6.29 Å². The van der Waals surface area contributed by atoms with Gasteiger partial charge in [-0.15, -0.1) is 0 Å². The zero-order chi connectivity index (χ0) is 15.7. The summed E-state index contributed by atoms with van der Waals surface area (Å²) in [6, 6.07) is 8.98. The molecule has 0 atom stereocenters. The number of carbonyl (C=O) groups excluding carboxylic acids is 1. The van der Waals surface area contributed by atoms with Crippen molar-refractivity contribution in [2.45, 2.75) is 6.92 Å². The number of aldehydes is 1. The predicted octanol–water partition coefficient (Wildman–Crippen LogP) is 4.32. The van der Waals surface area contributed by atoms with Crippen LogP contribution >= 0.6 is 0 Å². The first-order chi connectivity index (χ1) is 10.6. The van der Waals surface area contributed by atoms with Crippen molar-refractivity contribution in [1.29, 1.82) is 0 Å². The van der Waals surface area contributed by atoms with E-state index in [4.69, 9.17) is 4.74 Å². The van der Waals surface area contributed by atoms with Crippen LogP contribution in [0.1, 0.15) is 17.3 Å². The maximum Gasteiger partial charge on any atom is 0.152 e. The van der Waals surface area contributed by atoms with Gasteiger partial charge in [-0.05, 0) is 42.8 Å². The van der Waals surface area contributed by atoms with Crippen LogP contribution in [0.25, 0.3) is 22.2 Å². The number of hydrogen-bond acceptors (Lipinski definition) is 2. The molecule has 0 saturated heterocycles. The summed E-state index contributed by atoms with van der Waals surface area (Å²) in [5.41, 5.74) is 1.50. The quantitative estimate of drug-likeness (QED) is 0.729. The largest absolute Gasteiger partial charge is 0.494 e. The molecule has 3 aromatic rings. The fourth-order valence-corrected chi connectivity index (χ4v) is 2.47. The normalized spacial score (nSPS) is 10.9. The fourth-order valence-electron chi connectivity index (χ4n) is 2.47. The third kappa shape index (κ3) is 2.35. The number of aromatic nitrogens is 1. The van der Waals surface area contributed by atoms with Gasteiger partial charge >= 0.3 is 0 Å². The molecule has 0 saturated carbocycles. The van der Waals surface area contributed by atoms with Gasteiger partial charge in [-0.25, -0.2) is 8.78 Å². The van der Waals surface area contributed by atoms with Crippen molar-refractivity contribution in [2.24, 2.45) is 0 Å². The van der Waals surface area contributed by atoms with Crippen LogP contribution in [0.3, 0.4) is 0 Å². The van der Waals surface area contributed by atoms with Gasteiger partial charge in [0.2, 0.25) is 0 Å². The van der Waals surface area contributed by atoms with Crippen molar-refractivity contribution >= 4 is 17.2 Å². The highest BCUT2D eigenvalue weighted by Crippen LogP contribution is 2.32. The zero-order valence-electron chi connectivity index (χ0n) is 11.8. The molecule has 0 bridgehead atoms. The van der Waals surface area contributed by atoms with E-state index in [-0.39, 0.29) is 16.5 Å². The lowest BCUT2D eigenvalue weighted by molar-refractivity contribution is 0.112. The van der Waals surface area contributed by atoms with Crippen LogP contribution in [0.15, 0.2) is 36.4 Å². The number of ether oxygens (including phenoxy) is 1. The molecule has 1 aromatic heterocycles. The molecule has 0 fully saturated rings. The minimum atomic E-state index is -0.727. The molecule has 22 heavy (non-hydrogen) atoms. The van der Waals surface area contributed by atoms with Crippen LogP contribution in [-0.4, -0.2) is 17.9 Å². The van der Waals surface area contributed by atoms with Gasteiger partial charge in [0.1, 0.15) is 17.4 Å². The molecular weight excluding hydrogens is 288 g/mol. The Morgan fingerprint density at radius 3 is 2.55 bits per heavy atom. The number of H-pyrrole nitrogens is 1. The van der Waals surface area contributed by atoms with Gasteiger partial charge in [0.05, 0.1) is 17.8 Å². The smallest absolute Gasteiger partial charge is 0.152 e. The number of halogens is 2. The van der Waals surface area contributed by atoms with Gasteiger partial charge in [-0.3, -0.25) is 4.79 Å². The summed E-state index contributed by atoms with van der Waals surface area (Å²) in [6.07, 6.45) is 0.601. The molecule has 0 radical (unpaired) electrons. The number of fused-ring (bicyclic) bond motifs is 1. The molecule has 2 aromatic carbocycles. The summed E-state index contributed by atoms with van der Waals surface area (Å²) in [5.74, 6) is -0.743. The molecule has 0 spiro atoms. The third-order valence-corrected chi connectivity index (χ3v) is 3.44. The van der Waals surface area contributed by atoms with Crippen molar-refractivity contribution in [1.82, 2.24) is 4.98 Å². The number of carbonyl (C=O) groups is 1. The van der Waals surface area contributed by atoms with Gasteiger partial charge in [0.25, 0.3) is 0 Å². The Morgan fingerprint density at radius 1 is 1.18 bits per heavy atom. The SMILES string of the molecule is CCOc1ccc(-c2[nH]c3c(F)cc(F)cc3c2C=O)cc1. The maximum atomic E-state index is 13.8. The molecule has 112 valence electrons. The average molecular weight is 301 g/mol. The van der Waals surface area contributed by atoms with E-state index in [1.807, 2.05) is 6.92 Å². The Balaban J connectivity index is 2.18. The Labute approximate surface area is 125 Å². The minimum absolute atomic E-state index is 0.118. The summed E-state index contributed by atoms with van der Waals surface area (Å²) < 4.78 is 32.6. The Bertz CT molecular complexity index is 838. The van der Waals surface area contributed by atoms with Crippen molar-refractivity contribution in [3.63, 3.8) is 0 Å². The van der Waals surface area contributed by atoms with Gasteiger partial charge in [0, 0.05) is 17.0 Å². The Hall–Kier alpha value is -2.69. The summed E-state index contributed by atoms with van der Waals surface area (Å²) in [4.78, 5) is 14.2. The van der Waals surface area contributed by atoms with Crippen LogP contribution in [0.5, 0.6) is 5.75 Å². The number of aromatic amines is 1. The summed E-state index contributed by atoms with van der Waals surface area (Å²) >= 11 is 0. The average Bonchev–Trinajstić information content (AvgIpc) is 2.87. The van der Waals surface area contributed by atoms with Gasteiger partial charge < -0.3 is 9.72 Å². The molecule has 0 aliphatic heterocycles. The van der Waals surface area contributed by atoms with E-state index in [1.165, 1.54) is 0 Å². The lowest BCUT2D eigenvalue weighted by Gasteiger charge is -2.04. The highest BCUT2D eigenvalue weighted by molar-refractivity contribution is 6.04. The standard InChI is InChI=1S/C17H13F2NO2/c1-2-22-12-5-3-10(4-6-12)16-14(9-21)13-7-11(18)8-15(19)17(13)20-16/h3-9,20H,2H2,1H3. The molecule has 0 aliphatic carbocycles. The molecule has 5 heteroatoms. The minimum Gasteiger partial charge on any atom is -0.494 e. The van der Waals surface area contributed by atoms with E-state index < -0.39 is 11.6 Å². The number of benzene rings is 2. The van der Waals surface area contributed by atoms with E-state index in [0.717, 1.165) is 12.1 Å². The number of nitrogens with one attached hydrogen (secondary N) is 1. The third-order valence-electron chi connectivity index (χ3n) is 3.44. The number of rotatable bonds is 4. The van der Waals surface area contributed by atoms with Crippen LogP contribution in [0.2, 0.25) is 0 Å². The van der Waals surface area contributed by atoms with Crippen LogP contribution in [0, 0.1) is 11.6 Å². The van der Waals surface area contributed by atoms with E-state index in [1.54, 1.807) is 24.3 Å². The van der Waals surface area contributed by atoms with Gasteiger partial charge in [-0.1, -0.05) is 0 Å². The first-order valence-electron chi connectivity index (χ1n) is 6.83. The van der Waals surface area contributed by atoms with E-state index in [0.29, 0.717) is 29.9 Å². The molecule has 3 nitrogen and oxygen atoms in total. The zero-order valence-corrected chi connectivity index (χ0v) is 11.8. The monoisotopic (exact) mass is 301 g/mol. The molecular formula is C17H13F2NO2. The maximum absolute atomic E-state index is 13.8. The van der Waals surface area contributed by atoms with Crippen LogP contribution < -0.4 is 4.74 Å². The second-order valence-electron chi connectivity index (χ2n) is 4.80. The highest BCUT2D eigenvalue weighted by Gasteiger charge is 2.16. The lowest BCUT2D eigenvalue weighted by atomic mass is 10.1. The van der Waals surface area contributed by atoms with E-state index in [9.17, 15) is 13.6 Å². The first kappa shape index (κ1) is 14.3. The van der Waals surface area contributed by atoms with Crippen molar-refractivity contribution in [2.75, 3.05) is 6.61 Å². The predicted molar refractivity (Wildman–Crippen MR) is 80.2 cm³/mol. The van der Waals surface area contributed by atoms with E-state index >= 15 is 0 Å². The fraction of sp³-hybridized carbons (Fsp3) is 0.118. The Morgan fingerprint density at radius 2 is 1.91 bits per heavy atom. The molecule has 0 amide bonds. The van der Waals surface area contributed by atoms with Crippen LogP contribution in [0.4, 0.5) is 8.78 Å². The summed E-state index contributed by atoms with van der Waals surface area (Å²) in [5, 5.41) is 0.233. The second kappa shape index (κ2) is 5.60. The van der Waals surface area contributed by atoms with E-state index in [2.05, 4.69) is 4.98 Å². The Kier molecular flexibility index (Phi) is 3.63. The molecule has 1 heterocycles. The first-order valence-corrected chi connectivity index (χ1v) is 6.83. The summed E-state index contributed by atoms with van der Waals surface area (Å²) in [6.45, 7) is 2.43. The molecule has 3 rings (SSSR count). The highest BCUT2D eigenvalue weighted by atomic mass is 19.1. The topological polar surface area (TPSA) is 42.1 Å². The summed E-state index contributed by atoms with van der Waals surface area (Å²) in [7, 11) is 0. The van der Waals surface area contributed by atoms with Crippen molar-refractivity contribution < 1.29 is 18.3 Å². The van der Waals surface area contributed by atoms with Crippen LogP contribution in [-0.2, 0) is 0 Å². The lowest BCUT2D eigenvalue weighted by Crippen LogP contribution is -1.91. The molecule has 0 unspecified atom stereocenters. The van der Waals surface area contributed by atoms with Crippen molar-refractivity contribution in [3.8, 4) is 17.0 Å².